The van der Waals surface area contributed by atoms with Crippen LogP contribution < -0.4 is 15.4 Å². The molecule has 1 aromatic heterocycles. The number of aromatic nitrogens is 2. The van der Waals surface area contributed by atoms with Crippen LogP contribution in [0.3, 0.4) is 0 Å². The molecule has 1 heterocycles. The number of nitrogens with zero attached hydrogens (tertiary/aromatic N) is 1. The summed E-state index contributed by atoms with van der Waals surface area (Å²) in [4.78, 5) is 24.6. The van der Waals surface area contributed by atoms with E-state index in [2.05, 4.69) is 20.8 Å². The standard InChI is InChI=1S/C18H18N4O3/c1-11(17(23)20-12-7-9-13(25-2)10-8-12)19-18(24)16-14-5-3-4-6-15(14)21-22-16/h3-11H,1-2H3,(H,19,24)(H,20,23)(H,21,22). The zero-order valence-corrected chi connectivity index (χ0v) is 13.9. The fraction of sp³-hybridized carbons (Fsp3) is 0.167. The number of aromatic amines is 1. The lowest BCUT2D eigenvalue weighted by molar-refractivity contribution is -0.117. The molecule has 0 saturated carbocycles. The molecule has 128 valence electrons. The minimum absolute atomic E-state index is 0.264. The molecule has 1 atom stereocenters. The number of hydrogen-bond donors (Lipinski definition) is 3. The van der Waals surface area contributed by atoms with Gasteiger partial charge in [-0.05, 0) is 37.3 Å². The van der Waals surface area contributed by atoms with Gasteiger partial charge in [0.05, 0.1) is 12.6 Å². The maximum atomic E-state index is 12.4. The van der Waals surface area contributed by atoms with Gasteiger partial charge in [-0.1, -0.05) is 18.2 Å². The van der Waals surface area contributed by atoms with Gasteiger partial charge in [-0.25, -0.2) is 0 Å². The molecule has 3 rings (SSSR count). The summed E-state index contributed by atoms with van der Waals surface area (Å²) in [7, 11) is 1.57. The molecule has 7 nitrogen and oxygen atoms in total. The van der Waals surface area contributed by atoms with Crippen LogP contribution in [0, 0.1) is 0 Å². The first-order chi connectivity index (χ1) is 12.1. The summed E-state index contributed by atoms with van der Waals surface area (Å²) in [5, 5.41) is 12.9. The van der Waals surface area contributed by atoms with Gasteiger partial charge in [-0.15, -0.1) is 0 Å². The third-order valence-electron chi connectivity index (χ3n) is 3.78. The molecule has 0 radical (unpaired) electrons. The number of anilines is 1. The molecule has 0 bridgehead atoms. The minimum atomic E-state index is -0.718. The molecular weight excluding hydrogens is 320 g/mol. The molecule has 25 heavy (non-hydrogen) atoms. The fourth-order valence-corrected chi connectivity index (χ4v) is 2.39. The molecule has 3 aromatic rings. The molecule has 0 saturated heterocycles. The number of rotatable bonds is 5. The number of para-hydroxylation sites is 1. The lowest BCUT2D eigenvalue weighted by Gasteiger charge is -2.13. The summed E-state index contributed by atoms with van der Waals surface area (Å²) in [5.74, 6) is -0.0297. The van der Waals surface area contributed by atoms with Crippen LogP contribution in [-0.2, 0) is 4.79 Å². The topological polar surface area (TPSA) is 96.1 Å². The number of nitrogens with one attached hydrogen (secondary N) is 3. The molecule has 0 fully saturated rings. The highest BCUT2D eigenvalue weighted by molar-refractivity contribution is 6.06. The van der Waals surface area contributed by atoms with E-state index in [0.29, 0.717) is 16.8 Å². The van der Waals surface area contributed by atoms with Crippen molar-refractivity contribution >= 4 is 28.4 Å². The van der Waals surface area contributed by atoms with Crippen molar-refractivity contribution < 1.29 is 14.3 Å². The van der Waals surface area contributed by atoms with E-state index >= 15 is 0 Å². The van der Waals surface area contributed by atoms with Gasteiger partial charge in [-0.2, -0.15) is 5.10 Å². The van der Waals surface area contributed by atoms with Gasteiger partial charge in [-0.3, -0.25) is 14.7 Å². The molecule has 0 aliphatic heterocycles. The van der Waals surface area contributed by atoms with Gasteiger partial charge in [0.2, 0.25) is 5.91 Å². The summed E-state index contributed by atoms with van der Waals surface area (Å²) in [6.45, 7) is 1.62. The third kappa shape index (κ3) is 3.60. The highest BCUT2D eigenvalue weighted by Gasteiger charge is 2.20. The normalized spacial score (nSPS) is 11.8. The number of hydrogen-bond acceptors (Lipinski definition) is 4. The molecule has 0 spiro atoms. The van der Waals surface area contributed by atoms with Crippen molar-refractivity contribution in [3.63, 3.8) is 0 Å². The second-order valence-corrected chi connectivity index (χ2v) is 5.53. The molecule has 2 aromatic carbocycles. The van der Waals surface area contributed by atoms with E-state index in [9.17, 15) is 9.59 Å². The van der Waals surface area contributed by atoms with Crippen LogP contribution in [0.1, 0.15) is 17.4 Å². The summed E-state index contributed by atoms with van der Waals surface area (Å²) in [6, 6.07) is 13.5. The van der Waals surface area contributed by atoms with E-state index < -0.39 is 11.9 Å². The maximum Gasteiger partial charge on any atom is 0.273 e. The Kier molecular flexibility index (Phi) is 4.65. The van der Waals surface area contributed by atoms with Crippen LogP contribution in [0.15, 0.2) is 48.5 Å². The van der Waals surface area contributed by atoms with Gasteiger partial charge in [0.1, 0.15) is 11.8 Å². The van der Waals surface area contributed by atoms with Gasteiger partial charge in [0, 0.05) is 11.1 Å². The first kappa shape index (κ1) is 16.5. The highest BCUT2D eigenvalue weighted by atomic mass is 16.5. The number of carbonyl (C=O) groups is 2. The maximum absolute atomic E-state index is 12.4. The van der Waals surface area contributed by atoms with Crippen LogP contribution in [0.5, 0.6) is 5.75 Å². The van der Waals surface area contributed by atoms with Crippen LogP contribution in [0.25, 0.3) is 10.9 Å². The first-order valence-corrected chi connectivity index (χ1v) is 7.77. The number of amides is 2. The Morgan fingerprint density at radius 2 is 1.84 bits per heavy atom. The number of H-pyrrole nitrogens is 1. The average molecular weight is 338 g/mol. The summed E-state index contributed by atoms with van der Waals surface area (Å²) < 4.78 is 5.07. The van der Waals surface area contributed by atoms with E-state index in [1.54, 1.807) is 44.4 Å². The predicted molar refractivity (Wildman–Crippen MR) is 94.6 cm³/mol. The van der Waals surface area contributed by atoms with Crippen LogP contribution >= 0.6 is 0 Å². The Morgan fingerprint density at radius 1 is 1.12 bits per heavy atom. The van der Waals surface area contributed by atoms with Crippen molar-refractivity contribution in [2.24, 2.45) is 0 Å². The predicted octanol–water partition coefficient (Wildman–Crippen LogP) is 2.33. The number of carbonyl (C=O) groups excluding carboxylic acids is 2. The zero-order valence-electron chi connectivity index (χ0n) is 13.9. The Morgan fingerprint density at radius 3 is 2.56 bits per heavy atom. The molecule has 2 amide bonds. The summed E-state index contributed by atoms with van der Waals surface area (Å²) in [5.41, 5.74) is 1.65. The Balaban J connectivity index is 1.65. The Bertz CT molecular complexity index is 902. The third-order valence-corrected chi connectivity index (χ3v) is 3.78. The summed E-state index contributed by atoms with van der Waals surface area (Å²) >= 11 is 0. The molecular formula is C18H18N4O3. The number of ether oxygens (including phenoxy) is 1. The van der Waals surface area contributed by atoms with Crippen LogP contribution in [-0.4, -0.2) is 35.2 Å². The van der Waals surface area contributed by atoms with E-state index in [1.165, 1.54) is 0 Å². The fourth-order valence-electron chi connectivity index (χ4n) is 2.39. The van der Waals surface area contributed by atoms with Gasteiger partial charge >= 0.3 is 0 Å². The van der Waals surface area contributed by atoms with Crippen molar-refractivity contribution in [3.05, 3.63) is 54.2 Å². The minimum Gasteiger partial charge on any atom is -0.497 e. The molecule has 1 unspecified atom stereocenters. The lowest BCUT2D eigenvalue weighted by Crippen LogP contribution is -2.41. The summed E-state index contributed by atoms with van der Waals surface area (Å²) in [6.07, 6.45) is 0. The number of fused-ring (bicyclic) bond motifs is 1. The number of benzene rings is 2. The van der Waals surface area contributed by atoms with Gasteiger partial charge < -0.3 is 15.4 Å². The van der Waals surface area contributed by atoms with Crippen molar-refractivity contribution in [2.75, 3.05) is 12.4 Å². The largest absolute Gasteiger partial charge is 0.497 e. The van der Waals surface area contributed by atoms with Crippen molar-refractivity contribution in [2.45, 2.75) is 13.0 Å². The van der Waals surface area contributed by atoms with Gasteiger partial charge in [0.25, 0.3) is 5.91 Å². The second-order valence-electron chi connectivity index (χ2n) is 5.53. The monoisotopic (exact) mass is 338 g/mol. The van der Waals surface area contributed by atoms with E-state index in [0.717, 1.165) is 5.52 Å². The quantitative estimate of drug-likeness (QED) is 0.665. The van der Waals surface area contributed by atoms with Crippen molar-refractivity contribution in [3.8, 4) is 5.75 Å². The van der Waals surface area contributed by atoms with E-state index in [-0.39, 0.29) is 11.6 Å². The number of methoxy groups -OCH3 is 1. The molecule has 3 N–H and O–H groups in total. The molecule has 0 aliphatic carbocycles. The zero-order chi connectivity index (χ0) is 17.8. The van der Waals surface area contributed by atoms with Crippen molar-refractivity contribution in [1.82, 2.24) is 15.5 Å². The first-order valence-electron chi connectivity index (χ1n) is 7.77. The Labute approximate surface area is 144 Å². The van der Waals surface area contributed by atoms with Crippen molar-refractivity contribution in [1.29, 1.82) is 0 Å². The smallest absolute Gasteiger partial charge is 0.273 e. The molecule has 7 heteroatoms. The van der Waals surface area contributed by atoms with E-state index in [4.69, 9.17) is 4.74 Å². The highest BCUT2D eigenvalue weighted by Crippen LogP contribution is 2.16. The van der Waals surface area contributed by atoms with Crippen LogP contribution in [0.4, 0.5) is 5.69 Å². The van der Waals surface area contributed by atoms with Gasteiger partial charge in [0.15, 0.2) is 5.69 Å². The van der Waals surface area contributed by atoms with E-state index in [1.807, 2.05) is 18.2 Å². The van der Waals surface area contributed by atoms with Crippen LogP contribution in [0.2, 0.25) is 0 Å². The second kappa shape index (κ2) is 7.04. The SMILES string of the molecule is COc1ccc(NC(=O)C(C)NC(=O)c2n[nH]c3ccccc23)cc1. The Hall–Kier alpha value is -3.35. The lowest BCUT2D eigenvalue weighted by atomic mass is 10.2. The average Bonchev–Trinajstić information content (AvgIpc) is 3.06. The molecule has 0 aliphatic rings.